The van der Waals surface area contributed by atoms with Gasteiger partial charge in [0.15, 0.2) is 0 Å². The third-order valence-electron chi connectivity index (χ3n) is 1.88. The highest BCUT2D eigenvalue weighted by Gasteiger charge is 1.99. The molecule has 0 fully saturated rings. The summed E-state index contributed by atoms with van der Waals surface area (Å²) in [5.74, 6) is -0.920. The minimum Gasteiger partial charge on any atom is -0.478 e. The van der Waals surface area contributed by atoms with Crippen molar-refractivity contribution in [1.82, 2.24) is 0 Å². The first-order valence-electron chi connectivity index (χ1n) is 4.25. The average Bonchev–Trinajstić information content (AvgIpc) is 2.19. The molecule has 3 heteroatoms. The molecule has 0 saturated carbocycles. The third kappa shape index (κ3) is 2.71. The van der Waals surface area contributed by atoms with Crippen LogP contribution in [-0.2, 0) is 11.4 Å². The number of hydrogen-bond donors (Lipinski definition) is 2. The largest absolute Gasteiger partial charge is 0.478 e. The highest BCUT2D eigenvalue weighted by atomic mass is 16.4. The Morgan fingerprint density at radius 3 is 2.36 bits per heavy atom. The maximum Gasteiger partial charge on any atom is 0.331 e. The van der Waals surface area contributed by atoms with Gasteiger partial charge in [-0.3, -0.25) is 0 Å². The minimum atomic E-state index is -0.920. The van der Waals surface area contributed by atoms with Crippen LogP contribution in [0.4, 0.5) is 0 Å². The Morgan fingerprint density at radius 2 is 1.93 bits per heavy atom. The number of aliphatic hydroxyl groups excluding tert-OH is 1. The number of aliphatic carboxylic acids is 1. The predicted octanol–water partition coefficient (Wildman–Crippen LogP) is 1.67. The average molecular weight is 192 g/mol. The SMILES string of the molecule is C/C(=C\c1ccc(CO)cc1)C(=O)O. The van der Waals surface area contributed by atoms with E-state index in [-0.39, 0.29) is 6.61 Å². The molecule has 0 unspecified atom stereocenters. The molecule has 3 nitrogen and oxygen atoms in total. The van der Waals surface area contributed by atoms with Gasteiger partial charge in [0.05, 0.1) is 6.61 Å². The first-order chi connectivity index (χ1) is 6.63. The van der Waals surface area contributed by atoms with Gasteiger partial charge in [-0.05, 0) is 24.1 Å². The Labute approximate surface area is 82.3 Å². The summed E-state index contributed by atoms with van der Waals surface area (Å²) in [5, 5.41) is 17.4. The Morgan fingerprint density at radius 1 is 1.36 bits per heavy atom. The van der Waals surface area contributed by atoms with Gasteiger partial charge in [0, 0.05) is 5.57 Å². The number of carboxylic acid groups (broad SMARTS) is 1. The van der Waals surface area contributed by atoms with E-state index in [1.54, 1.807) is 37.3 Å². The summed E-state index contributed by atoms with van der Waals surface area (Å²) < 4.78 is 0. The molecule has 1 rings (SSSR count). The lowest BCUT2D eigenvalue weighted by atomic mass is 10.1. The van der Waals surface area contributed by atoms with Crippen LogP contribution in [0.3, 0.4) is 0 Å². The van der Waals surface area contributed by atoms with E-state index in [4.69, 9.17) is 10.2 Å². The van der Waals surface area contributed by atoms with Crippen molar-refractivity contribution in [3.05, 3.63) is 41.0 Å². The molecule has 0 saturated heterocycles. The van der Waals surface area contributed by atoms with Gasteiger partial charge in [-0.25, -0.2) is 4.79 Å². The van der Waals surface area contributed by atoms with Gasteiger partial charge >= 0.3 is 5.97 Å². The molecule has 0 spiro atoms. The first-order valence-corrected chi connectivity index (χ1v) is 4.25. The minimum absolute atomic E-state index is 0.00189. The molecule has 14 heavy (non-hydrogen) atoms. The lowest BCUT2D eigenvalue weighted by Crippen LogP contribution is -1.95. The number of carbonyl (C=O) groups is 1. The van der Waals surface area contributed by atoms with E-state index in [2.05, 4.69) is 0 Å². The van der Waals surface area contributed by atoms with Gasteiger partial charge in [-0.1, -0.05) is 24.3 Å². The highest BCUT2D eigenvalue weighted by molar-refractivity contribution is 5.91. The molecule has 1 aromatic rings. The van der Waals surface area contributed by atoms with Gasteiger partial charge in [-0.2, -0.15) is 0 Å². The fourth-order valence-corrected chi connectivity index (χ4v) is 1.03. The smallest absolute Gasteiger partial charge is 0.331 e. The number of aliphatic hydroxyl groups is 1. The van der Waals surface area contributed by atoms with Crippen LogP contribution in [0.5, 0.6) is 0 Å². The Kier molecular flexibility index (Phi) is 3.42. The molecular weight excluding hydrogens is 180 g/mol. The van der Waals surface area contributed by atoms with Crippen molar-refractivity contribution in [2.45, 2.75) is 13.5 Å². The van der Waals surface area contributed by atoms with Gasteiger partial charge in [-0.15, -0.1) is 0 Å². The first kappa shape index (κ1) is 10.5. The van der Waals surface area contributed by atoms with Gasteiger partial charge < -0.3 is 10.2 Å². The van der Waals surface area contributed by atoms with Crippen LogP contribution in [0.1, 0.15) is 18.1 Å². The predicted molar refractivity (Wildman–Crippen MR) is 53.7 cm³/mol. The Bertz CT molecular complexity index is 349. The van der Waals surface area contributed by atoms with Crippen molar-refractivity contribution in [2.24, 2.45) is 0 Å². The van der Waals surface area contributed by atoms with Crippen molar-refractivity contribution < 1.29 is 15.0 Å². The molecule has 0 aliphatic heterocycles. The second-order valence-corrected chi connectivity index (χ2v) is 3.03. The maximum absolute atomic E-state index is 10.5. The molecule has 0 amide bonds. The van der Waals surface area contributed by atoms with E-state index in [9.17, 15) is 4.79 Å². The fraction of sp³-hybridized carbons (Fsp3) is 0.182. The van der Waals surface area contributed by atoms with Gasteiger partial charge in [0.2, 0.25) is 0 Å². The molecule has 0 aliphatic rings. The van der Waals surface area contributed by atoms with E-state index >= 15 is 0 Å². The summed E-state index contributed by atoms with van der Waals surface area (Å²) in [7, 11) is 0. The van der Waals surface area contributed by atoms with E-state index in [0.29, 0.717) is 5.57 Å². The molecule has 0 bridgehead atoms. The van der Waals surface area contributed by atoms with E-state index in [0.717, 1.165) is 11.1 Å². The van der Waals surface area contributed by atoms with Gasteiger partial charge in [0.1, 0.15) is 0 Å². The van der Waals surface area contributed by atoms with Gasteiger partial charge in [0.25, 0.3) is 0 Å². The summed E-state index contributed by atoms with van der Waals surface area (Å²) in [6.07, 6.45) is 1.59. The van der Waals surface area contributed by atoms with Crippen molar-refractivity contribution in [1.29, 1.82) is 0 Å². The van der Waals surface area contributed by atoms with Crippen LogP contribution >= 0.6 is 0 Å². The van der Waals surface area contributed by atoms with E-state index < -0.39 is 5.97 Å². The van der Waals surface area contributed by atoms with E-state index in [1.807, 2.05) is 0 Å². The lowest BCUT2D eigenvalue weighted by Gasteiger charge is -1.98. The van der Waals surface area contributed by atoms with Crippen LogP contribution in [0, 0.1) is 0 Å². The van der Waals surface area contributed by atoms with Crippen molar-refractivity contribution >= 4 is 12.0 Å². The molecule has 74 valence electrons. The van der Waals surface area contributed by atoms with Crippen LogP contribution in [0.25, 0.3) is 6.08 Å². The second kappa shape index (κ2) is 4.58. The topological polar surface area (TPSA) is 57.5 Å². The molecule has 0 aromatic heterocycles. The lowest BCUT2D eigenvalue weighted by molar-refractivity contribution is -0.132. The van der Waals surface area contributed by atoms with Crippen molar-refractivity contribution in [2.75, 3.05) is 0 Å². The molecule has 0 aliphatic carbocycles. The van der Waals surface area contributed by atoms with Crippen LogP contribution in [0.2, 0.25) is 0 Å². The zero-order valence-electron chi connectivity index (χ0n) is 7.90. The normalized spacial score (nSPS) is 11.4. The van der Waals surface area contributed by atoms with Crippen LogP contribution in [0.15, 0.2) is 29.8 Å². The summed E-state index contributed by atoms with van der Waals surface area (Å²) in [4.78, 5) is 10.5. The summed E-state index contributed by atoms with van der Waals surface area (Å²) in [6, 6.07) is 7.08. The molecule has 0 atom stereocenters. The Hall–Kier alpha value is -1.61. The quantitative estimate of drug-likeness (QED) is 0.716. The molecule has 1 aromatic carbocycles. The zero-order chi connectivity index (χ0) is 10.6. The summed E-state index contributed by atoms with van der Waals surface area (Å²) in [6.45, 7) is 1.55. The van der Waals surface area contributed by atoms with Crippen LogP contribution < -0.4 is 0 Å². The standard InChI is InChI=1S/C11H12O3/c1-8(11(13)14)6-9-2-4-10(7-12)5-3-9/h2-6,12H,7H2,1H3,(H,13,14)/b8-6+. The number of hydrogen-bond acceptors (Lipinski definition) is 2. The number of benzene rings is 1. The summed E-state index contributed by atoms with van der Waals surface area (Å²) >= 11 is 0. The zero-order valence-corrected chi connectivity index (χ0v) is 7.90. The number of rotatable bonds is 3. The monoisotopic (exact) mass is 192 g/mol. The van der Waals surface area contributed by atoms with Crippen molar-refractivity contribution in [3.8, 4) is 0 Å². The Balaban J connectivity index is 2.88. The summed E-state index contributed by atoms with van der Waals surface area (Å²) in [5.41, 5.74) is 1.93. The van der Waals surface area contributed by atoms with Crippen molar-refractivity contribution in [3.63, 3.8) is 0 Å². The second-order valence-electron chi connectivity index (χ2n) is 3.03. The maximum atomic E-state index is 10.5. The van der Waals surface area contributed by atoms with Crippen LogP contribution in [-0.4, -0.2) is 16.2 Å². The highest BCUT2D eigenvalue weighted by Crippen LogP contribution is 2.08. The van der Waals surface area contributed by atoms with E-state index in [1.165, 1.54) is 0 Å². The molecule has 2 N–H and O–H groups in total. The molecular formula is C11H12O3. The fourth-order valence-electron chi connectivity index (χ4n) is 1.03. The third-order valence-corrected chi connectivity index (χ3v) is 1.88. The number of carboxylic acids is 1. The molecule has 0 radical (unpaired) electrons. The molecule has 0 heterocycles.